The first-order valence-corrected chi connectivity index (χ1v) is 7.60. The molecule has 0 saturated heterocycles. The summed E-state index contributed by atoms with van der Waals surface area (Å²) < 4.78 is 0. The summed E-state index contributed by atoms with van der Waals surface area (Å²) in [7, 11) is 0. The van der Waals surface area contributed by atoms with Crippen molar-refractivity contribution in [3.63, 3.8) is 0 Å². The first-order valence-electron chi connectivity index (χ1n) is 7.60. The second-order valence-electron chi connectivity index (χ2n) is 7.11. The van der Waals surface area contributed by atoms with Gasteiger partial charge in [0.1, 0.15) is 11.6 Å². The van der Waals surface area contributed by atoms with Gasteiger partial charge < -0.3 is 5.73 Å². The molecule has 2 rings (SSSR count). The topological polar surface area (TPSA) is 56.0 Å². The molecule has 2 N–H and O–H groups in total. The molecule has 0 atom stereocenters. The molecule has 3 nitrogen and oxygen atoms in total. The summed E-state index contributed by atoms with van der Waals surface area (Å²) in [5.41, 5.74) is 7.05. The summed E-state index contributed by atoms with van der Waals surface area (Å²) in [6, 6.07) is 3.75. The number of aromatic nitrogens is 1. The Kier molecular flexibility index (Phi) is 4.46. The van der Waals surface area contributed by atoms with E-state index in [9.17, 15) is 4.79 Å². The van der Waals surface area contributed by atoms with E-state index in [-0.39, 0.29) is 5.92 Å². The van der Waals surface area contributed by atoms with Gasteiger partial charge in [-0.15, -0.1) is 0 Å². The van der Waals surface area contributed by atoms with Crippen molar-refractivity contribution in [2.75, 3.05) is 5.73 Å². The van der Waals surface area contributed by atoms with Crippen molar-refractivity contribution in [3.05, 3.63) is 23.9 Å². The van der Waals surface area contributed by atoms with Gasteiger partial charge in [-0.3, -0.25) is 4.79 Å². The molecule has 1 aliphatic carbocycles. The van der Waals surface area contributed by atoms with Gasteiger partial charge in [0.2, 0.25) is 0 Å². The molecular weight excluding hydrogens is 248 g/mol. The van der Waals surface area contributed by atoms with Crippen LogP contribution < -0.4 is 5.73 Å². The lowest BCUT2D eigenvalue weighted by Crippen LogP contribution is -2.29. The molecule has 1 aliphatic rings. The summed E-state index contributed by atoms with van der Waals surface area (Å²) in [4.78, 5) is 16.4. The van der Waals surface area contributed by atoms with Crippen LogP contribution in [-0.4, -0.2) is 10.8 Å². The number of nitrogens with zero attached hydrogens (tertiary/aromatic N) is 1. The van der Waals surface area contributed by atoms with Crippen LogP contribution in [-0.2, 0) is 11.2 Å². The third kappa shape index (κ3) is 3.59. The molecule has 0 amide bonds. The Morgan fingerprint density at radius 1 is 1.30 bits per heavy atom. The first kappa shape index (κ1) is 15.0. The lowest BCUT2D eigenvalue weighted by molar-refractivity contribution is -0.123. The standard InChI is InChI=1S/C17H26N2O/c1-17(2,3)14-8-6-12(7-9-14)15(20)11-13-5-4-10-19-16(13)18/h4-5,10,12,14H,6-9,11H2,1-3H3,(H2,18,19). The Morgan fingerprint density at radius 3 is 2.50 bits per heavy atom. The van der Waals surface area contributed by atoms with Gasteiger partial charge in [0.25, 0.3) is 0 Å². The normalized spacial score (nSPS) is 23.6. The van der Waals surface area contributed by atoms with Gasteiger partial charge in [-0.1, -0.05) is 26.8 Å². The SMILES string of the molecule is CC(C)(C)C1CCC(C(=O)Cc2cccnc2N)CC1. The molecule has 110 valence electrons. The molecule has 1 fully saturated rings. The Labute approximate surface area is 122 Å². The van der Waals surface area contributed by atoms with Gasteiger partial charge in [0, 0.05) is 24.1 Å². The van der Waals surface area contributed by atoms with E-state index in [2.05, 4.69) is 25.8 Å². The van der Waals surface area contributed by atoms with E-state index in [1.165, 1.54) is 12.8 Å². The Morgan fingerprint density at radius 2 is 1.95 bits per heavy atom. The maximum Gasteiger partial charge on any atom is 0.140 e. The predicted octanol–water partition coefficient (Wildman–Crippen LogP) is 3.63. The number of hydrogen-bond donors (Lipinski definition) is 1. The van der Waals surface area contributed by atoms with E-state index >= 15 is 0 Å². The van der Waals surface area contributed by atoms with Crippen molar-refractivity contribution < 1.29 is 4.79 Å². The van der Waals surface area contributed by atoms with Gasteiger partial charge in [0.05, 0.1) is 0 Å². The Balaban J connectivity index is 1.91. The highest BCUT2D eigenvalue weighted by atomic mass is 16.1. The molecule has 0 radical (unpaired) electrons. The smallest absolute Gasteiger partial charge is 0.140 e. The highest BCUT2D eigenvalue weighted by Gasteiger charge is 2.32. The predicted molar refractivity (Wildman–Crippen MR) is 82.3 cm³/mol. The van der Waals surface area contributed by atoms with Gasteiger partial charge in [-0.2, -0.15) is 0 Å². The summed E-state index contributed by atoms with van der Waals surface area (Å²) in [5, 5.41) is 0. The van der Waals surface area contributed by atoms with E-state index in [1.54, 1.807) is 6.20 Å². The van der Waals surface area contributed by atoms with E-state index in [0.29, 0.717) is 23.4 Å². The van der Waals surface area contributed by atoms with Gasteiger partial charge in [-0.05, 0) is 43.1 Å². The van der Waals surface area contributed by atoms with Gasteiger partial charge in [-0.25, -0.2) is 4.98 Å². The molecule has 0 unspecified atom stereocenters. The second-order valence-corrected chi connectivity index (χ2v) is 7.11. The number of nitrogen functional groups attached to an aromatic ring is 1. The van der Waals surface area contributed by atoms with E-state index in [0.717, 1.165) is 24.3 Å². The first-order chi connectivity index (χ1) is 9.38. The molecule has 1 saturated carbocycles. The lowest BCUT2D eigenvalue weighted by atomic mass is 9.69. The maximum atomic E-state index is 12.4. The minimum absolute atomic E-state index is 0.216. The fourth-order valence-corrected chi connectivity index (χ4v) is 3.21. The van der Waals surface area contributed by atoms with Crippen LogP contribution in [0, 0.1) is 17.3 Å². The summed E-state index contributed by atoms with van der Waals surface area (Å²) in [6.07, 6.45) is 6.50. The average Bonchev–Trinajstić information content (AvgIpc) is 2.40. The number of carbonyl (C=O) groups excluding carboxylic acids is 1. The van der Waals surface area contributed by atoms with Crippen LogP contribution in [0.2, 0.25) is 0 Å². The van der Waals surface area contributed by atoms with E-state index in [1.807, 2.05) is 12.1 Å². The molecule has 0 aromatic carbocycles. The zero-order valence-corrected chi connectivity index (χ0v) is 12.9. The Hall–Kier alpha value is -1.38. The molecule has 1 heterocycles. The number of rotatable bonds is 3. The van der Waals surface area contributed by atoms with Crippen LogP contribution in [0.25, 0.3) is 0 Å². The number of ketones is 1. The average molecular weight is 274 g/mol. The van der Waals surface area contributed by atoms with Gasteiger partial charge in [0.15, 0.2) is 0 Å². The third-order valence-corrected chi connectivity index (χ3v) is 4.70. The van der Waals surface area contributed by atoms with Crippen LogP contribution in [0.15, 0.2) is 18.3 Å². The minimum Gasteiger partial charge on any atom is -0.383 e. The van der Waals surface area contributed by atoms with Crippen molar-refractivity contribution in [1.82, 2.24) is 4.98 Å². The van der Waals surface area contributed by atoms with Crippen LogP contribution in [0.5, 0.6) is 0 Å². The highest BCUT2D eigenvalue weighted by molar-refractivity contribution is 5.84. The summed E-state index contributed by atoms with van der Waals surface area (Å²) in [5.74, 6) is 1.78. The number of nitrogens with two attached hydrogens (primary N) is 1. The molecule has 0 spiro atoms. The molecular formula is C17H26N2O. The second kappa shape index (κ2) is 5.94. The van der Waals surface area contributed by atoms with Crippen molar-refractivity contribution in [2.24, 2.45) is 17.3 Å². The van der Waals surface area contributed by atoms with E-state index < -0.39 is 0 Å². The van der Waals surface area contributed by atoms with Crippen LogP contribution >= 0.6 is 0 Å². The number of carbonyl (C=O) groups is 1. The van der Waals surface area contributed by atoms with Crippen molar-refractivity contribution in [1.29, 1.82) is 0 Å². The molecule has 1 aromatic rings. The number of anilines is 1. The fraction of sp³-hybridized carbons (Fsp3) is 0.647. The molecule has 0 aliphatic heterocycles. The van der Waals surface area contributed by atoms with Crippen molar-refractivity contribution >= 4 is 11.6 Å². The quantitative estimate of drug-likeness (QED) is 0.915. The number of pyridine rings is 1. The Bertz CT molecular complexity index is 468. The largest absolute Gasteiger partial charge is 0.383 e. The molecule has 3 heteroatoms. The van der Waals surface area contributed by atoms with Crippen molar-refractivity contribution in [3.8, 4) is 0 Å². The highest BCUT2D eigenvalue weighted by Crippen LogP contribution is 2.40. The minimum atomic E-state index is 0.216. The van der Waals surface area contributed by atoms with E-state index in [4.69, 9.17) is 5.73 Å². The monoisotopic (exact) mass is 274 g/mol. The lowest BCUT2D eigenvalue weighted by Gasteiger charge is -2.36. The third-order valence-electron chi connectivity index (χ3n) is 4.70. The molecule has 0 bridgehead atoms. The fourth-order valence-electron chi connectivity index (χ4n) is 3.21. The number of Topliss-reactive ketones (excluding diaryl/α,β-unsaturated/α-hetero) is 1. The number of hydrogen-bond acceptors (Lipinski definition) is 3. The zero-order chi connectivity index (χ0) is 14.8. The van der Waals surface area contributed by atoms with Crippen molar-refractivity contribution in [2.45, 2.75) is 52.9 Å². The maximum absolute atomic E-state index is 12.4. The summed E-state index contributed by atoms with van der Waals surface area (Å²) >= 11 is 0. The zero-order valence-electron chi connectivity index (χ0n) is 12.9. The summed E-state index contributed by atoms with van der Waals surface area (Å²) in [6.45, 7) is 6.91. The van der Waals surface area contributed by atoms with Crippen LogP contribution in [0.3, 0.4) is 0 Å². The van der Waals surface area contributed by atoms with Crippen LogP contribution in [0.4, 0.5) is 5.82 Å². The molecule has 20 heavy (non-hydrogen) atoms. The van der Waals surface area contributed by atoms with Gasteiger partial charge >= 0.3 is 0 Å². The molecule has 1 aromatic heterocycles. The van der Waals surface area contributed by atoms with Crippen LogP contribution in [0.1, 0.15) is 52.0 Å².